The van der Waals surface area contributed by atoms with E-state index in [1.165, 1.54) is 36.2 Å². The number of carbonyl (C=O) groups excluding carboxylic acids is 1. The van der Waals surface area contributed by atoms with Crippen LogP contribution in [0.15, 0.2) is 59.5 Å². The molecule has 2 aromatic carbocycles. The van der Waals surface area contributed by atoms with Crippen molar-refractivity contribution in [1.82, 2.24) is 4.90 Å². The van der Waals surface area contributed by atoms with Gasteiger partial charge in [0.05, 0.1) is 30.8 Å². The topological polar surface area (TPSA) is 122 Å². The van der Waals surface area contributed by atoms with Gasteiger partial charge in [-0.05, 0) is 29.8 Å². The minimum atomic E-state index is -3.78. The average molecular weight is 393 g/mol. The number of aliphatic hydroxyl groups excluding tert-OH is 1. The Kier molecular flexibility index (Phi) is 7.31. The van der Waals surface area contributed by atoms with Crippen LogP contribution in [0.25, 0.3) is 0 Å². The van der Waals surface area contributed by atoms with Gasteiger partial charge in [0.15, 0.2) is 0 Å². The van der Waals surface area contributed by atoms with Gasteiger partial charge in [0.25, 0.3) is 0 Å². The van der Waals surface area contributed by atoms with Gasteiger partial charge < -0.3 is 20.1 Å². The second-order valence-electron chi connectivity index (χ2n) is 6.03. The molecular weight excluding hydrogens is 370 g/mol. The second-order valence-corrected chi connectivity index (χ2v) is 7.60. The highest BCUT2D eigenvalue weighted by atomic mass is 32.2. The molecule has 8 nitrogen and oxygen atoms in total. The maximum atomic E-state index is 12.1. The van der Waals surface area contributed by atoms with Gasteiger partial charge in [0.2, 0.25) is 10.0 Å². The summed E-state index contributed by atoms with van der Waals surface area (Å²) in [5.41, 5.74) is 1.41. The van der Waals surface area contributed by atoms with E-state index in [0.717, 1.165) is 5.56 Å². The fourth-order valence-corrected chi connectivity index (χ4v) is 2.80. The molecule has 9 heteroatoms. The Hall–Kier alpha value is -2.46. The lowest BCUT2D eigenvalue weighted by molar-refractivity contribution is 0.0188. The molecular formula is C18H23N3O5S. The quantitative estimate of drug-likeness (QED) is 0.625. The largest absolute Gasteiger partial charge is 0.389 e. The molecule has 27 heavy (non-hydrogen) atoms. The average Bonchev–Trinajstić information content (AvgIpc) is 2.62. The minimum absolute atomic E-state index is 0.0418. The summed E-state index contributed by atoms with van der Waals surface area (Å²) in [5, 5.41) is 17.6. The Balaban J connectivity index is 1.77. The zero-order chi connectivity index (χ0) is 19.9. The van der Waals surface area contributed by atoms with Crippen LogP contribution >= 0.6 is 0 Å². The number of likely N-dealkylation sites (N-methyl/N-ethyl adjacent to an activating group) is 1. The van der Waals surface area contributed by atoms with Crippen molar-refractivity contribution in [3.05, 3.63) is 60.2 Å². The molecule has 0 saturated heterocycles. The number of primary sulfonamides is 1. The van der Waals surface area contributed by atoms with Crippen LogP contribution < -0.4 is 10.5 Å². The summed E-state index contributed by atoms with van der Waals surface area (Å²) in [5.74, 6) is 0. The maximum Gasteiger partial charge on any atom is 0.321 e. The predicted molar refractivity (Wildman–Crippen MR) is 102 cm³/mol. The summed E-state index contributed by atoms with van der Waals surface area (Å²) in [6, 6.07) is 14.6. The lowest BCUT2D eigenvalue weighted by Gasteiger charge is -2.21. The van der Waals surface area contributed by atoms with Crippen LogP contribution in [0.1, 0.15) is 5.56 Å². The Morgan fingerprint density at radius 1 is 1.19 bits per heavy atom. The van der Waals surface area contributed by atoms with Crippen molar-refractivity contribution in [2.24, 2.45) is 5.14 Å². The first-order valence-electron chi connectivity index (χ1n) is 8.20. The summed E-state index contributed by atoms with van der Waals surface area (Å²) in [7, 11) is -2.24. The molecule has 2 aromatic rings. The molecule has 0 saturated carbocycles. The third kappa shape index (κ3) is 6.99. The number of amides is 2. The molecule has 0 radical (unpaired) electrons. The van der Waals surface area contributed by atoms with Crippen molar-refractivity contribution in [2.75, 3.05) is 25.5 Å². The number of nitrogens with two attached hydrogens (primary N) is 1. The first-order valence-corrected chi connectivity index (χ1v) is 9.75. The van der Waals surface area contributed by atoms with Crippen LogP contribution in [0.3, 0.4) is 0 Å². The van der Waals surface area contributed by atoms with Crippen molar-refractivity contribution in [3.8, 4) is 0 Å². The third-order valence-electron chi connectivity index (χ3n) is 3.69. The molecule has 0 unspecified atom stereocenters. The maximum absolute atomic E-state index is 12.1. The fourth-order valence-electron chi connectivity index (χ4n) is 2.29. The molecule has 0 bridgehead atoms. The molecule has 2 rings (SSSR count). The zero-order valence-corrected chi connectivity index (χ0v) is 15.7. The van der Waals surface area contributed by atoms with E-state index in [2.05, 4.69) is 5.32 Å². The number of hydrogen-bond donors (Lipinski definition) is 3. The summed E-state index contributed by atoms with van der Waals surface area (Å²) in [4.78, 5) is 13.4. The van der Waals surface area contributed by atoms with E-state index >= 15 is 0 Å². The molecule has 146 valence electrons. The van der Waals surface area contributed by atoms with Gasteiger partial charge in [-0.3, -0.25) is 0 Å². The van der Waals surface area contributed by atoms with Crippen molar-refractivity contribution < 1.29 is 23.1 Å². The van der Waals surface area contributed by atoms with Crippen LogP contribution in [0.4, 0.5) is 10.5 Å². The number of aliphatic hydroxyl groups is 1. The van der Waals surface area contributed by atoms with Crippen LogP contribution in [0.5, 0.6) is 0 Å². The fraction of sp³-hybridized carbons (Fsp3) is 0.278. The molecule has 0 aromatic heterocycles. The number of nitrogens with one attached hydrogen (secondary N) is 1. The molecule has 4 N–H and O–H groups in total. The molecule has 0 fully saturated rings. The van der Waals surface area contributed by atoms with Gasteiger partial charge in [0, 0.05) is 12.7 Å². The lowest BCUT2D eigenvalue weighted by Crippen LogP contribution is -2.38. The Morgan fingerprint density at radius 2 is 1.81 bits per heavy atom. The Bertz CT molecular complexity index is 841. The minimum Gasteiger partial charge on any atom is -0.389 e. The van der Waals surface area contributed by atoms with Crippen molar-refractivity contribution in [2.45, 2.75) is 17.6 Å². The number of carbonyl (C=O) groups is 1. The number of benzene rings is 2. The normalized spacial score (nSPS) is 12.4. The van der Waals surface area contributed by atoms with Crippen LogP contribution in [-0.2, 0) is 21.4 Å². The summed E-state index contributed by atoms with van der Waals surface area (Å²) in [6.45, 7) is 0.551. The first kappa shape index (κ1) is 20.8. The molecule has 2 amide bonds. The third-order valence-corrected chi connectivity index (χ3v) is 4.62. The van der Waals surface area contributed by atoms with E-state index < -0.39 is 22.2 Å². The highest BCUT2D eigenvalue weighted by Gasteiger charge is 2.15. The molecule has 0 aliphatic rings. The highest BCUT2D eigenvalue weighted by molar-refractivity contribution is 7.89. The van der Waals surface area contributed by atoms with E-state index in [1.54, 1.807) is 0 Å². The summed E-state index contributed by atoms with van der Waals surface area (Å²) in [6.07, 6.45) is -0.839. The highest BCUT2D eigenvalue weighted by Crippen LogP contribution is 2.13. The van der Waals surface area contributed by atoms with Crippen LogP contribution in [0, 0.1) is 0 Å². The number of rotatable bonds is 8. The van der Waals surface area contributed by atoms with Gasteiger partial charge in [-0.15, -0.1) is 0 Å². The SMILES string of the molecule is CN(C[C@H](O)COCc1ccccc1)C(=O)Nc1ccc(S(N)(=O)=O)cc1. The number of ether oxygens (including phenoxy) is 1. The van der Waals surface area contributed by atoms with E-state index in [1.807, 2.05) is 30.3 Å². The monoisotopic (exact) mass is 393 g/mol. The zero-order valence-electron chi connectivity index (χ0n) is 14.9. The van der Waals surface area contributed by atoms with Gasteiger partial charge >= 0.3 is 6.03 Å². The Labute approximate surface area is 158 Å². The number of nitrogens with zero attached hydrogens (tertiary/aromatic N) is 1. The summed E-state index contributed by atoms with van der Waals surface area (Å²) < 4.78 is 27.9. The van der Waals surface area contributed by atoms with E-state index in [4.69, 9.17) is 9.88 Å². The predicted octanol–water partition coefficient (Wildman–Crippen LogP) is 1.38. The number of sulfonamides is 1. The van der Waals surface area contributed by atoms with Crippen LogP contribution in [-0.4, -0.2) is 50.8 Å². The van der Waals surface area contributed by atoms with Gasteiger partial charge in [-0.2, -0.15) is 0 Å². The van der Waals surface area contributed by atoms with Crippen molar-refractivity contribution >= 4 is 21.7 Å². The molecule has 1 atom stereocenters. The van der Waals surface area contributed by atoms with Gasteiger partial charge in [0.1, 0.15) is 0 Å². The second kappa shape index (κ2) is 9.47. The molecule has 0 aliphatic carbocycles. The lowest BCUT2D eigenvalue weighted by atomic mass is 10.2. The van der Waals surface area contributed by atoms with Crippen LogP contribution in [0.2, 0.25) is 0 Å². The summed E-state index contributed by atoms with van der Waals surface area (Å²) >= 11 is 0. The number of hydrogen-bond acceptors (Lipinski definition) is 5. The smallest absolute Gasteiger partial charge is 0.321 e. The molecule has 0 spiro atoms. The standard InChI is InChI=1S/C18H23N3O5S/c1-21(11-16(22)13-26-12-14-5-3-2-4-6-14)18(23)20-15-7-9-17(10-8-15)27(19,24)25/h2-10,16,22H,11-13H2,1H3,(H,20,23)(H2,19,24,25)/t16-/m0/s1. The van der Waals surface area contributed by atoms with Gasteiger partial charge in [-0.25, -0.2) is 18.4 Å². The van der Waals surface area contributed by atoms with E-state index in [0.29, 0.717) is 12.3 Å². The number of anilines is 1. The Morgan fingerprint density at radius 3 is 2.41 bits per heavy atom. The van der Waals surface area contributed by atoms with E-state index in [-0.39, 0.29) is 18.0 Å². The number of urea groups is 1. The van der Waals surface area contributed by atoms with E-state index in [9.17, 15) is 18.3 Å². The molecule has 0 heterocycles. The van der Waals surface area contributed by atoms with Gasteiger partial charge in [-0.1, -0.05) is 30.3 Å². The van der Waals surface area contributed by atoms with Crippen molar-refractivity contribution in [1.29, 1.82) is 0 Å². The van der Waals surface area contributed by atoms with Crippen molar-refractivity contribution in [3.63, 3.8) is 0 Å². The molecule has 0 aliphatic heterocycles. The first-order chi connectivity index (χ1) is 12.8.